The molecule has 0 atom stereocenters. The lowest BCUT2D eigenvalue weighted by Gasteiger charge is -2.05. The maximum atomic E-state index is 11.1. The minimum atomic E-state index is 0.0356. The fourth-order valence-corrected chi connectivity index (χ4v) is 1.56. The number of hydrogen-bond donors (Lipinski definition) is 0. The molecule has 0 unspecified atom stereocenters. The summed E-state index contributed by atoms with van der Waals surface area (Å²) in [4.78, 5) is 11.1. The number of halogens is 1. The summed E-state index contributed by atoms with van der Waals surface area (Å²) in [6.07, 6.45) is 0. The molecule has 0 bridgehead atoms. The van der Waals surface area contributed by atoms with Crippen molar-refractivity contribution in [2.75, 3.05) is 6.61 Å². The smallest absolute Gasteiger partial charge is 0.161 e. The molecule has 3 heteroatoms. The van der Waals surface area contributed by atoms with E-state index in [2.05, 4.69) is 15.9 Å². The molecule has 0 heterocycles. The summed E-state index contributed by atoms with van der Waals surface area (Å²) in [6.45, 7) is 4.06. The molecule has 0 amide bonds. The Labute approximate surface area is 86.0 Å². The first-order chi connectivity index (χ1) is 6.15. The van der Waals surface area contributed by atoms with E-state index >= 15 is 0 Å². The average molecular weight is 243 g/mol. The Balaban J connectivity index is 3.04. The molecule has 1 aromatic carbocycles. The molecule has 0 aliphatic carbocycles. The van der Waals surface area contributed by atoms with Crippen LogP contribution < -0.4 is 4.74 Å². The molecular formula is C10H11BrO2. The van der Waals surface area contributed by atoms with Gasteiger partial charge < -0.3 is 4.74 Å². The standard InChI is InChI=1S/C10H11BrO2/c1-3-13-8-4-5-10(11)9(6-8)7(2)12/h4-6H,3H2,1-2H3. The molecule has 0 aromatic heterocycles. The first-order valence-electron chi connectivity index (χ1n) is 4.08. The molecule has 0 saturated carbocycles. The largest absolute Gasteiger partial charge is 0.494 e. The van der Waals surface area contributed by atoms with Crippen molar-refractivity contribution in [1.82, 2.24) is 0 Å². The summed E-state index contributed by atoms with van der Waals surface area (Å²) in [5, 5.41) is 0. The summed E-state index contributed by atoms with van der Waals surface area (Å²) in [5.41, 5.74) is 0.658. The van der Waals surface area contributed by atoms with Crippen molar-refractivity contribution in [2.45, 2.75) is 13.8 Å². The van der Waals surface area contributed by atoms with E-state index in [0.717, 1.165) is 10.2 Å². The summed E-state index contributed by atoms with van der Waals surface area (Å²) < 4.78 is 6.09. The molecule has 0 aliphatic rings. The highest BCUT2D eigenvalue weighted by Gasteiger charge is 2.06. The van der Waals surface area contributed by atoms with Gasteiger partial charge in [-0.2, -0.15) is 0 Å². The van der Waals surface area contributed by atoms with Crippen molar-refractivity contribution in [3.63, 3.8) is 0 Å². The number of rotatable bonds is 3. The third-order valence-electron chi connectivity index (χ3n) is 1.63. The van der Waals surface area contributed by atoms with Gasteiger partial charge in [-0.1, -0.05) is 15.9 Å². The molecule has 13 heavy (non-hydrogen) atoms. The highest BCUT2D eigenvalue weighted by atomic mass is 79.9. The van der Waals surface area contributed by atoms with Crippen molar-refractivity contribution < 1.29 is 9.53 Å². The summed E-state index contributed by atoms with van der Waals surface area (Å²) >= 11 is 3.31. The SMILES string of the molecule is CCOc1ccc(Br)c(C(C)=O)c1. The number of Topliss-reactive ketones (excluding diaryl/α,β-unsaturated/α-hetero) is 1. The van der Waals surface area contributed by atoms with Crippen LogP contribution in [-0.2, 0) is 0 Å². The molecule has 1 rings (SSSR count). The minimum absolute atomic E-state index is 0.0356. The molecule has 2 nitrogen and oxygen atoms in total. The Morgan fingerprint density at radius 1 is 1.54 bits per heavy atom. The summed E-state index contributed by atoms with van der Waals surface area (Å²) in [7, 11) is 0. The third kappa shape index (κ3) is 2.56. The lowest BCUT2D eigenvalue weighted by molar-refractivity contribution is 0.101. The summed E-state index contributed by atoms with van der Waals surface area (Å²) in [6, 6.07) is 5.40. The number of carbonyl (C=O) groups is 1. The van der Waals surface area contributed by atoms with Crippen LogP contribution in [0.25, 0.3) is 0 Å². The number of benzene rings is 1. The fraction of sp³-hybridized carbons (Fsp3) is 0.300. The van der Waals surface area contributed by atoms with Crippen LogP contribution >= 0.6 is 15.9 Å². The molecule has 0 spiro atoms. The predicted octanol–water partition coefficient (Wildman–Crippen LogP) is 3.05. The van der Waals surface area contributed by atoms with Crippen LogP contribution in [0.15, 0.2) is 22.7 Å². The van der Waals surface area contributed by atoms with Crippen LogP contribution in [0.2, 0.25) is 0 Å². The van der Waals surface area contributed by atoms with E-state index in [4.69, 9.17) is 4.74 Å². The van der Waals surface area contributed by atoms with Gasteiger partial charge in [-0.3, -0.25) is 4.79 Å². The zero-order valence-corrected chi connectivity index (χ0v) is 9.22. The molecule has 0 radical (unpaired) electrons. The topological polar surface area (TPSA) is 26.3 Å². The highest BCUT2D eigenvalue weighted by molar-refractivity contribution is 9.10. The quantitative estimate of drug-likeness (QED) is 0.762. The van der Waals surface area contributed by atoms with Gasteiger partial charge in [0.25, 0.3) is 0 Å². The minimum Gasteiger partial charge on any atom is -0.494 e. The van der Waals surface area contributed by atoms with E-state index < -0.39 is 0 Å². The second-order valence-electron chi connectivity index (χ2n) is 2.63. The highest BCUT2D eigenvalue weighted by Crippen LogP contribution is 2.22. The van der Waals surface area contributed by atoms with E-state index in [9.17, 15) is 4.79 Å². The second-order valence-corrected chi connectivity index (χ2v) is 3.49. The van der Waals surface area contributed by atoms with Gasteiger partial charge in [-0.25, -0.2) is 0 Å². The zero-order valence-electron chi connectivity index (χ0n) is 7.63. The zero-order chi connectivity index (χ0) is 9.84. The van der Waals surface area contributed by atoms with Crippen LogP contribution in [-0.4, -0.2) is 12.4 Å². The Bertz CT molecular complexity index is 321. The Morgan fingerprint density at radius 2 is 2.23 bits per heavy atom. The van der Waals surface area contributed by atoms with E-state index in [0.29, 0.717) is 12.2 Å². The first kappa shape index (κ1) is 10.3. The van der Waals surface area contributed by atoms with Gasteiger partial charge in [0.1, 0.15) is 5.75 Å². The number of ketones is 1. The van der Waals surface area contributed by atoms with Gasteiger partial charge in [0.2, 0.25) is 0 Å². The average Bonchev–Trinajstić information content (AvgIpc) is 2.08. The molecule has 0 N–H and O–H groups in total. The van der Waals surface area contributed by atoms with Gasteiger partial charge in [-0.05, 0) is 32.0 Å². The van der Waals surface area contributed by atoms with Gasteiger partial charge in [0.05, 0.1) is 6.61 Å². The van der Waals surface area contributed by atoms with Gasteiger partial charge in [0, 0.05) is 10.0 Å². The van der Waals surface area contributed by atoms with Crippen LogP contribution in [0.4, 0.5) is 0 Å². The predicted molar refractivity (Wildman–Crippen MR) is 55.3 cm³/mol. The number of ether oxygens (including phenoxy) is 1. The van der Waals surface area contributed by atoms with E-state index in [-0.39, 0.29) is 5.78 Å². The Hall–Kier alpha value is -0.830. The lowest BCUT2D eigenvalue weighted by Crippen LogP contribution is -1.97. The number of carbonyl (C=O) groups excluding carboxylic acids is 1. The monoisotopic (exact) mass is 242 g/mol. The lowest BCUT2D eigenvalue weighted by atomic mass is 10.1. The van der Waals surface area contributed by atoms with E-state index in [1.165, 1.54) is 6.92 Å². The number of hydrogen-bond acceptors (Lipinski definition) is 2. The molecule has 1 aromatic rings. The van der Waals surface area contributed by atoms with Crippen LogP contribution in [0.1, 0.15) is 24.2 Å². The van der Waals surface area contributed by atoms with Crippen molar-refractivity contribution in [3.05, 3.63) is 28.2 Å². The van der Waals surface area contributed by atoms with Crippen molar-refractivity contribution >= 4 is 21.7 Å². The fourth-order valence-electron chi connectivity index (χ4n) is 1.03. The maximum Gasteiger partial charge on any atom is 0.161 e. The third-order valence-corrected chi connectivity index (χ3v) is 2.32. The first-order valence-corrected chi connectivity index (χ1v) is 4.87. The van der Waals surface area contributed by atoms with Crippen molar-refractivity contribution in [3.8, 4) is 5.75 Å². The van der Waals surface area contributed by atoms with Gasteiger partial charge >= 0.3 is 0 Å². The summed E-state index contributed by atoms with van der Waals surface area (Å²) in [5.74, 6) is 0.768. The van der Waals surface area contributed by atoms with Crippen LogP contribution in [0.3, 0.4) is 0 Å². The molecule has 0 aliphatic heterocycles. The Morgan fingerprint density at radius 3 is 2.77 bits per heavy atom. The van der Waals surface area contributed by atoms with Crippen molar-refractivity contribution in [1.29, 1.82) is 0 Å². The van der Waals surface area contributed by atoms with Crippen molar-refractivity contribution in [2.24, 2.45) is 0 Å². The van der Waals surface area contributed by atoms with Gasteiger partial charge in [-0.15, -0.1) is 0 Å². The maximum absolute atomic E-state index is 11.1. The Kier molecular flexibility index (Phi) is 3.48. The molecule has 70 valence electrons. The second kappa shape index (κ2) is 4.42. The normalized spacial score (nSPS) is 9.77. The van der Waals surface area contributed by atoms with Gasteiger partial charge in [0.15, 0.2) is 5.78 Å². The van der Waals surface area contributed by atoms with Crippen LogP contribution in [0.5, 0.6) is 5.75 Å². The molecular weight excluding hydrogens is 232 g/mol. The van der Waals surface area contributed by atoms with Crippen LogP contribution in [0, 0.1) is 0 Å². The van der Waals surface area contributed by atoms with E-state index in [1.54, 1.807) is 6.07 Å². The molecule has 0 fully saturated rings. The molecule has 0 saturated heterocycles. The van der Waals surface area contributed by atoms with E-state index in [1.807, 2.05) is 19.1 Å².